The molecular formula is C12H16N2O3. The summed E-state index contributed by atoms with van der Waals surface area (Å²) in [6, 6.07) is 2.94. The van der Waals surface area contributed by atoms with Gasteiger partial charge in [-0.2, -0.15) is 0 Å². The largest absolute Gasteiger partial charge is 0.478 e. The molecule has 0 aliphatic carbocycles. The molecule has 1 aromatic heterocycles. The van der Waals surface area contributed by atoms with Crippen molar-refractivity contribution in [3.05, 3.63) is 23.9 Å². The second-order valence-corrected chi connectivity index (χ2v) is 3.71. The number of nitrogens with one attached hydrogen (secondary N) is 1. The highest BCUT2D eigenvalue weighted by atomic mass is 16.4. The number of unbranched alkanes of at least 4 members (excludes halogenated alkanes) is 2. The molecule has 0 fully saturated rings. The number of aromatic nitrogens is 1. The second kappa shape index (κ2) is 6.62. The van der Waals surface area contributed by atoms with Crippen LogP contribution in [0.25, 0.3) is 0 Å². The Morgan fingerprint density at radius 1 is 1.41 bits per heavy atom. The first-order chi connectivity index (χ1) is 8.15. The van der Waals surface area contributed by atoms with Crippen LogP contribution in [0.2, 0.25) is 0 Å². The summed E-state index contributed by atoms with van der Waals surface area (Å²) in [5.74, 6) is -1.18. The lowest BCUT2D eigenvalue weighted by atomic mass is 10.2. The second-order valence-electron chi connectivity index (χ2n) is 3.71. The Balaban J connectivity index is 2.61. The Morgan fingerprint density at radius 2 is 2.18 bits per heavy atom. The van der Waals surface area contributed by atoms with Crippen LogP contribution in [0, 0.1) is 0 Å². The van der Waals surface area contributed by atoms with Crippen molar-refractivity contribution in [2.24, 2.45) is 0 Å². The lowest BCUT2D eigenvalue weighted by Gasteiger charge is -2.06. The summed E-state index contributed by atoms with van der Waals surface area (Å²) in [6.45, 7) is 2.05. The predicted molar refractivity (Wildman–Crippen MR) is 64.0 cm³/mol. The quantitative estimate of drug-likeness (QED) is 0.743. The first-order valence-corrected chi connectivity index (χ1v) is 5.63. The maximum atomic E-state index is 11.5. The van der Waals surface area contributed by atoms with E-state index in [1.807, 2.05) is 0 Å². The van der Waals surface area contributed by atoms with Crippen molar-refractivity contribution in [2.75, 3.05) is 5.32 Å². The number of nitrogens with zero attached hydrogens (tertiary/aromatic N) is 1. The summed E-state index contributed by atoms with van der Waals surface area (Å²) < 4.78 is 0. The van der Waals surface area contributed by atoms with Crippen LogP contribution in [0.5, 0.6) is 0 Å². The maximum absolute atomic E-state index is 11.5. The van der Waals surface area contributed by atoms with E-state index in [4.69, 9.17) is 5.11 Å². The third kappa shape index (κ3) is 4.22. The predicted octanol–water partition coefficient (Wildman–Crippen LogP) is 2.30. The average molecular weight is 236 g/mol. The Kier molecular flexibility index (Phi) is 5.13. The SMILES string of the molecule is CCCCCC(=O)Nc1ncccc1C(=O)O. The minimum atomic E-state index is -1.10. The molecule has 92 valence electrons. The van der Waals surface area contributed by atoms with Gasteiger partial charge in [-0.3, -0.25) is 4.79 Å². The van der Waals surface area contributed by atoms with Crippen molar-refractivity contribution < 1.29 is 14.7 Å². The minimum absolute atomic E-state index is 0.0105. The molecule has 0 atom stereocenters. The molecule has 0 unspecified atom stereocenters. The Hall–Kier alpha value is -1.91. The fourth-order valence-electron chi connectivity index (χ4n) is 1.41. The highest BCUT2D eigenvalue weighted by molar-refractivity contribution is 5.99. The summed E-state index contributed by atoms with van der Waals surface area (Å²) in [7, 11) is 0. The number of hydrogen-bond donors (Lipinski definition) is 2. The molecule has 5 nitrogen and oxygen atoms in total. The van der Waals surface area contributed by atoms with Gasteiger partial charge in [-0.25, -0.2) is 9.78 Å². The van der Waals surface area contributed by atoms with E-state index in [0.717, 1.165) is 19.3 Å². The van der Waals surface area contributed by atoms with E-state index in [0.29, 0.717) is 6.42 Å². The lowest BCUT2D eigenvalue weighted by molar-refractivity contribution is -0.116. The van der Waals surface area contributed by atoms with Crippen molar-refractivity contribution >= 4 is 17.7 Å². The van der Waals surface area contributed by atoms with Crippen molar-refractivity contribution in [3.8, 4) is 0 Å². The van der Waals surface area contributed by atoms with E-state index in [1.54, 1.807) is 0 Å². The number of anilines is 1. The van der Waals surface area contributed by atoms with Crippen LogP contribution in [0.15, 0.2) is 18.3 Å². The van der Waals surface area contributed by atoms with Crippen LogP contribution in [0.4, 0.5) is 5.82 Å². The Morgan fingerprint density at radius 3 is 2.82 bits per heavy atom. The van der Waals surface area contributed by atoms with Crippen LogP contribution in [-0.2, 0) is 4.79 Å². The first kappa shape index (κ1) is 13.2. The van der Waals surface area contributed by atoms with Gasteiger partial charge in [-0.15, -0.1) is 0 Å². The molecule has 1 heterocycles. The number of carboxylic acid groups (broad SMARTS) is 1. The molecule has 0 saturated heterocycles. The third-order valence-corrected chi connectivity index (χ3v) is 2.30. The van der Waals surface area contributed by atoms with Crippen LogP contribution < -0.4 is 5.32 Å². The summed E-state index contributed by atoms with van der Waals surface area (Å²) in [5, 5.41) is 11.4. The third-order valence-electron chi connectivity index (χ3n) is 2.30. The number of aromatic carboxylic acids is 1. The van der Waals surface area contributed by atoms with Crippen molar-refractivity contribution in [1.82, 2.24) is 4.98 Å². The zero-order chi connectivity index (χ0) is 12.7. The standard InChI is InChI=1S/C12H16N2O3/c1-2-3-4-7-10(15)14-11-9(12(16)17)6-5-8-13-11/h5-6,8H,2-4,7H2,1H3,(H,16,17)(H,13,14,15). The van der Waals surface area contributed by atoms with Crippen molar-refractivity contribution in [1.29, 1.82) is 0 Å². The van der Waals surface area contributed by atoms with Gasteiger partial charge in [0.15, 0.2) is 0 Å². The van der Waals surface area contributed by atoms with Crippen LogP contribution in [0.3, 0.4) is 0 Å². The molecule has 1 aromatic rings. The topological polar surface area (TPSA) is 79.3 Å². The van der Waals surface area contributed by atoms with Crippen LogP contribution in [-0.4, -0.2) is 22.0 Å². The molecule has 0 aliphatic heterocycles. The van der Waals surface area contributed by atoms with E-state index >= 15 is 0 Å². The number of hydrogen-bond acceptors (Lipinski definition) is 3. The fraction of sp³-hybridized carbons (Fsp3) is 0.417. The first-order valence-electron chi connectivity index (χ1n) is 5.63. The van der Waals surface area contributed by atoms with Crippen LogP contribution in [0.1, 0.15) is 43.0 Å². The molecule has 2 N–H and O–H groups in total. The van der Waals surface area contributed by atoms with E-state index in [-0.39, 0.29) is 17.3 Å². The van der Waals surface area contributed by atoms with Gasteiger partial charge in [-0.1, -0.05) is 19.8 Å². The van der Waals surface area contributed by atoms with Gasteiger partial charge >= 0.3 is 5.97 Å². The highest BCUT2D eigenvalue weighted by Crippen LogP contribution is 2.12. The summed E-state index contributed by atoms with van der Waals surface area (Å²) >= 11 is 0. The Labute approximate surface area is 99.9 Å². The number of carbonyl (C=O) groups excluding carboxylic acids is 1. The summed E-state index contributed by atoms with van der Waals surface area (Å²) in [5.41, 5.74) is 0.0105. The lowest BCUT2D eigenvalue weighted by Crippen LogP contribution is -2.15. The van der Waals surface area contributed by atoms with Gasteiger partial charge in [0.05, 0.1) is 0 Å². The number of carbonyl (C=O) groups is 2. The molecule has 5 heteroatoms. The summed E-state index contributed by atoms with van der Waals surface area (Å²) in [4.78, 5) is 26.2. The average Bonchev–Trinajstić information content (AvgIpc) is 2.29. The number of rotatable bonds is 6. The van der Waals surface area contributed by atoms with Gasteiger partial charge in [0, 0.05) is 12.6 Å². The van der Waals surface area contributed by atoms with Gasteiger partial charge in [0.25, 0.3) is 0 Å². The smallest absolute Gasteiger partial charge is 0.339 e. The normalized spacial score (nSPS) is 9.94. The molecule has 0 bridgehead atoms. The highest BCUT2D eigenvalue weighted by Gasteiger charge is 2.12. The van der Waals surface area contributed by atoms with E-state index in [2.05, 4.69) is 17.2 Å². The molecule has 1 amide bonds. The molecule has 1 rings (SSSR count). The van der Waals surface area contributed by atoms with Gasteiger partial charge in [0.1, 0.15) is 11.4 Å². The van der Waals surface area contributed by atoms with Gasteiger partial charge < -0.3 is 10.4 Å². The molecule has 0 aliphatic rings. The number of carboxylic acids is 1. The Bertz CT molecular complexity index is 404. The molecule has 0 saturated carbocycles. The van der Waals surface area contributed by atoms with Gasteiger partial charge in [0.2, 0.25) is 5.91 Å². The maximum Gasteiger partial charge on any atom is 0.339 e. The zero-order valence-corrected chi connectivity index (χ0v) is 9.77. The van der Waals surface area contributed by atoms with Crippen molar-refractivity contribution in [3.63, 3.8) is 0 Å². The molecule has 0 aromatic carbocycles. The van der Waals surface area contributed by atoms with E-state index in [1.165, 1.54) is 18.3 Å². The number of amides is 1. The van der Waals surface area contributed by atoms with E-state index in [9.17, 15) is 9.59 Å². The van der Waals surface area contributed by atoms with Crippen LogP contribution >= 0.6 is 0 Å². The van der Waals surface area contributed by atoms with Crippen molar-refractivity contribution in [2.45, 2.75) is 32.6 Å². The zero-order valence-electron chi connectivity index (χ0n) is 9.77. The minimum Gasteiger partial charge on any atom is -0.478 e. The molecule has 0 spiro atoms. The molecule has 17 heavy (non-hydrogen) atoms. The monoisotopic (exact) mass is 236 g/mol. The van der Waals surface area contributed by atoms with Gasteiger partial charge in [-0.05, 0) is 18.6 Å². The summed E-state index contributed by atoms with van der Waals surface area (Å²) in [6.07, 6.45) is 4.67. The fourth-order valence-corrected chi connectivity index (χ4v) is 1.41. The molecule has 0 radical (unpaired) electrons. The number of pyridine rings is 1. The van der Waals surface area contributed by atoms with E-state index < -0.39 is 5.97 Å². The molecular weight excluding hydrogens is 220 g/mol.